The average molecular weight is 334 g/mol. The summed E-state index contributed by atoms with van der Waals surface area (Å²) in [5.74, 6) is 3.05. The smallest absolute Gasteiger partial charge is 0.136 e. The second-order valence-corrected chi connectivity index (χ2v) is 5.76. The third-order valence-electron chi connectivity index (χ3n) is 3.60. The molecule has 128 valence electrons. The molecule has 2 N–H and O–H groups in total. The number of nitrogens with zero attached hydrogens (tertiary/aromatic N) is 2. The molecule has 0 spiro atoms. The van der Waals surface area contributed by atoms with Crippen molar-refractivity contribution < 1.29 is 4.74 Å². The maximum absolute atomic E-state index is 5.46. The molecule has 5 nitrogen and oxygen atoms in total. The van der Waals surface area contributed by atoms with Crippen molar-refractivity contribution in [3.05, 3.63) is 66.0 Å². The van der Waals surface area contributed by atoms with Crippen molar-refractivity contribution >= 4 is 23.0 Å². The molecule has 0 fully saturated rings. The highest BCUT2D eigenvalue weighted by Gasteiger charge is 2.04. The Bertz CT molecular complexity index is 829. The second-order valence-electron chi connectivity index (χ2n) is 5.76. The quantitative estimate of drug-likeness (QED) is 0.666. The van der Waals surface area contributed by atoms with Gasteiger partial charge in [0.2, 0.25) is 0 Å². The number of benzene rings is 2. The van der Waals surface area contributed by atoms with E-state index in [1.54, 1.807) is 0 Å². The molecule has 0 saturated carbocycles. The van der Waals surface area contributed by atoms with Gasteiger partial charge in [0, 0.05) is 17.4 Å². The van der Waals surface area contributed by atoms with Gasteiger partial charge in [-0.05, 0) is 57.2 Å². The second kappa shape index (κ2) is 7.66. The Kier molecular flexibility index (Phi) is 5.14. The molecule has 25 heavy (non-hydrogen) atoms. The zero-order chi connectivity index (χ0) is 17.6. The van der Waals surface area contributed by atoms with E-state index in [2.05, 4.69) is 39.7 Å². The fraction of sp³-hybridized carbons (Fsp3) is 0.200. The van der Waals surface area contributed by atoms with Gasteiger partial charge in [0.05, 0.1) is 6.61 Å². The van der Waals surface area contributed by atoms with E-state index in [0.29, 0.717) is 12.4 Å². The van der Waals surface area contributed by atoms with E-state index in [1.165, 1.54) is 5.56 Å². The number of anilines is 4. The zero-order valence-corrected chi connectivity index (χ0v) is 14.7. The molecule has 2 aromatic carbocycles. The molecule has 0 amide bonds. The largest absolute Gasteiger partial charge is 0.494 e. The highest BCUT2D eigenvalue weighted by atomic mass is 16.5. The molecule has 1 heterocycles. The maximum Gasteiger partial charge on any atom is 0.136 e. The lowest BCUT2D eigenvalue weighted by molar-refractivity contribution is 0.340. The van der Waals surface area contributed by atoms with Gasteiger partial charge in [-0.15, -0.1) is 0 Å². The monoisotopic (exact) mass is 334 g/mol. The third kappa shape index (κ3) is 4.70. The molecule has 3 rings (SSSR count). The first-order chi connectivity index (χ1) is 12.1. The Balaban J connectivity index is 1.75. The van der Waals surface area contributed by atoms with Crippen molar-refractivity contribution in [3.8, 4) is 5.75 Å². The normalized spacial score (nSPS) is 10.4. The number of nitrogens with one attached hydrogen (secondary N) is 2. The summed E-state index contributed by atoms with van der Waals surface area (Å²) in [6, 6.07) is 17.9. The molecule has 0 aliphatic heterocycles. The van der Waals surface area contributed by atoms with Crippen molar-refractivity contribution in [2.75, 3.05) is 17.2 Å². The minimum atomic E-state index is 0.659. The van der Waals surface area contributed by atoms with E-state index in [1.807, 2.05) is 56.3 Å². The molecule has 0 aliphatic carbocycles. The Morgan fingerprint density at radius 2 is 1.32 bits per heavy atom. The molecule has 0 radical (unpaired) electrons. The van der Waals surface area contributed by atoms with E-state index in [-0.39, 0.29) is 0 Å². The van der Waals surface area contributed by atoms with Gasteiger partial charge in [0.15, 0.2) is 0 Å². The summed E-state index contributed by atoms with van der Waals surface area (Å²) in [6.45, 7) is 6.57. The van der Waals surface area contributed by atoms with Gasteiger partial charge in [-0.1, -0.05) is 17.7 Å². The lowest BCUT2D eigenvalue weighted by Crippen LogP contribution is -2.01. The van der Waals surface area contributed by atoms with E-state index in [4.69, 9.17) is 4.74 Å². The first kappa shape index (κ1) is 16.8. The Labute approximate surface area is 148 Å². The number of aromatic nitrogens is 2. The minimum absolute atomic E-state index is 0.659. The minimum Gasteiger partial charge on any atom is -0.494 e. The summed E-state index contributed by atoms with van der Waals surface area (Å²) < 4.78 is 5.46. The van der Waals surface area contributed by atoms with Crippen LogP contribution in [0.25, 0.3) is 0 Å². The third-order valence-corrected chi connectivity index (χ3v) is 3.60. The van der Waals surface area contributed by atoms with Gasteiger partial charge in [0.1, 0.15) is 23.2 Å². The summed E-state index contributed by atoms with van der Waals surface area (Å²) in [6.07, 6.45) is 0. The number of hydrogen-bond acceptors (Lipinski definition) is 5. The Morgan fingerprint density at radius 3 is 1.84 bits per heavy atom. The van der Waals surface area contributed by atoms with Crippen LogP contribution in [0.3, 0.4) is 0 Å². The summed E-state index contributed by atoms with van der Waals surface area (Å²) in [5, 5.41) is 6.62. The summed E-state index contributed by atoms with van der Waals surface area (Å²) in [4.78, 5) is 8.90. The first-order valence-corrected chi connectivity index (χ1v) is 8.31. The predicted octanol–water partition coefficient (Wildman–Crippen LogP) is 4.98. The lowest BCUT2D eigenvalue weighted by Gasteiger charge is -2.11. The van der Waals surface area contributed by atoms with Crippen LogP contribution < -0.4 is 15.4 Å². The van der Waals surface area contributed by atoms with Crippen LogP contribution in [-0.2, 0) is 0 Å². The fourth-order valence-electron chi connectivity index (χ4n) is 2.43. The lowest BCUT2D eigenvalue weighted by atomic mass is 10.2. The Morgan fingerprint density at radius 1 is 0.800 bits per heavy atom. The predicted molar refractivity (Wildman–Crippen MR) is 102 cm³/mol. The van der Waals surface area contributed by atoms with E-state index in [0.717, 1.165) is 28.8 Å². The number of hydrogen-bond donors (Lipinski definition) is 2. The molecular formula is C20H22N4O. The Hall–Kier alpha value is -3.08. The molecule has 5 heteroatoms. The topological polar surface area (TPSA) is 59.1 Å². The van der Waals surface area contributed by atoms with Crippen molar-refractivity contribution in [1.29, 1.82) is 0 Å². The summed E-state index contributed by atoms with van der Waals surface area (Å²) in [5.41, 5.74) is 3.17. The molecule has 0 saturated heterocycles. The SMILES string of the molecule is CCOc1ccc(Nc2cc(Nc3ccc(C)cc3)nc(C)n2)cc1. The molecular weight excluding hydrogens is 312 g/mol. The van der Waals surface area contributed by atoms with E-state index < -0.39 is 0 Å². The van der Waals surface area contributed by atoms with Gasteiger partial charge >= 0.3 is 0 Å². The van der Waals surface area contributed by atoms with Gasteiger partial charge in [-0.3, -0.25) is 0 Å². The van der Waals surface area contributed by atoms with Crippen LogP contribution in [0.15, 0.2) is 54.6 Å². The van der Waals surface area contributed by atoms with Crippen molar-refractivity contribution in [3.63, 3.8) is 0 Å². The van der Waals surface area contributed by atoms with Crippen LogP contribution in [0.1, 0.15) is 18.3 Å². The standard InChI is InChI=1S/C20H22N4O/c1-4-25-18-11-9-17(10-12-18)24-20-13-19(21-15(3)22-20)23-16-7-5-14(2)6-8-16/h5-13H,4H2,1-3H3,(H2,21,22,23,24). The molecule has 0 unspecified atom stereocenters. The number of rotatable bonds is 6. The van der Waals surface area contributed by atoms with E-state index >= 15 is 0 Å². The van der Waals surface area contributed by atoms with Gasteiger partial charge in [0.25, 0.3) is 0 Å². The maximum atomic E-state index is 5.46. The molecule has 0 atom stereocenters. The molecule has 0 aliphatic rings. The van der Waals surface area contributed by atoms with Crippen LogP contribution in [-0.4, -0.2) is 16.6 Å². The molecule has 1 aromatic heterocycles. The van der Waals surface area contributed by atoms with Crippen LogP contribution >= 0.6 is 0 Å². The van der Waals surface area contributed by atoms with Gasteiger partial charge in [-0.2, -0.15) is 0 Å². The molecule has 0 bridgehead atoms. The summed E-state index contributed by atoms with van der Waals surface area (Å²) in [7, 11) is 0. The number of ether oxygens (including phenoxy) is 1. The van der Waals surface area contributed by atoms with Crippen LogP contribution in [0.5, 0.6) is 5.75 Å². The van der Waals surface area contributed by atoms with Crippen LogP contribution in [0, 0.1) is 13.8 Å². The first-order valence-electron chi connectivity index (χ1n) is 8.31. The van der Waals surface area contributed by atoms with Crippen molar-refractivity contribution in [1.82, 2.24) is 9.97 Å². The average Bonchev–Trinajstić information content (AvgIpc) is 2.58. The highest BCUT2D eigenvalue weighted by molar-refractivity contribution is 5.63. The zero-order valence-electron chi connectivity index (χ0n) is 14.7. The highest BCUT2D eigenvalue weighted by Crippen LogP contribution is 2.22. The fourth-order valence-corrected chi connectivity index (χ4v) is 2.43. The van der Waals surface area contributed by atoms with Crippen molar-refractivity contribution in [2.45, 2.75) is 20.8 Å². The number of aryl methyl sites for hydroxylation is 2. The summed E-state index contributed by atoms with van der Waals surface area (Å²) >= 11 is 0. The van der Waals surface area contributed by atoms with Crippen LogP contribution in [0.4, 0.5) is 23.0 Å². The van der Waals surface area contributed by atoms with Crippen molar-refractivity contribution in [2.24, 2.45) is 0 Å². The van der Waals surface area contributed by atoms with Crippen LogP contribution in [0.2, 0.25) is 0 Å². The van der Waals surface area contributed by atoms with Gasteiger partial charge < -0.3 is 15.4 Å². The molecule has 3 aromatic rings. The van der Waals surface area contributed by atoms with E-state index in [9.17, 15) is 0 Å². The van der Waals surface area contributed by atoms with Gasteiger partial charge in [-0.25, -0.2) is 9.97 Å².